The van der Waals surface area contributed by atoms with Crippen molar-refractivity contribution in [2.24, 2.45) is 0 Å². The van der Waals surface area contributed by atoms with Crippen molar-refractivity contribution in [1.82, 2.24) is 15.1 Å². The second kappa shape index (κ2) is 8.75. The zero-order valence-electron chi connectivity index (χ0n) is 15.0. The zero-order chi connectivity index (χ0) is 20.1. The number of benzene rings is 2. The molecule has 0 aliphatic rings. The van der Waals surface area contributed by atoms with Crippen molar-refractivity contribution in [2.45, 2.75) is 13.5 Å². The molecule has 0 saturated heterocycles. The number of carbonyl (C=O) groups excluding carboxylic acids is 1. The van der Waals surface area contributed by atoms with E-state index in [1.54, 1.807) is 25.1 Å². The molecule has 0 fully saturated rings. The molecule has 2 aromatic carbocycles. The molecule has 0 saturated carbocycles. The highest BCUT2D eigenvalue weighted by Gasteiger charge is 2.16. The molecule has 3 aromatic rings. The lowest BCUT2D eigenvalue weighted by Crippen LogP contribution is -2.23. The minimum atomic E-state index is -0.475. The third kappa shape index (κ3) is 4.42. The van der Waals surface area contributed by atoms with E-state index in [0.29, 0.717) is 33.7 Å². The van der Waals surface area contributed by atoms with Gasteiger partial charge >= 0.3 is 0 Å². The highest BCUT2D eigenvalue weighted by atomic mass is 35.5. The van der Waals surface area contributed by atoms with Gasteiger partial charge in [-0.2, -0.15) is 10.4 Å². The number of nitrogens with one attached hydrogen (secondary N) is 1. The van der Waals surface area contributed by atoms with Crippen molar-refractivity contribution < 1.29 is 4.79 Å². The first kappa shape index (κ1) is 19.7. The Hall–Kier alpha value is -3.07. The largest absolute Gasteiger partial charge is 0.347 e. The molecule has 140 valence electrons. The molecule has 0 bridgehead atoms. The summed E-state index contributed by atoms with van der Waals surface area (Å²) in [5.74, 6) is -0.475. The van der Waals surface area contributed by atoms with Gasteiger partial charge in [0, 0.05) is 17.1 Å². The van der Waals surface area contributed by atoms with Crippen LogP contribution in [0.2, 0.25) is 10.2 Å². The number of hydrogen-bond acceptors (Lipinski definition) is 3. The van der Waals surface area contributed by atoms with Crippen molar-refractivity contribution >= 4 is 35.2 Å². The van der Waals surface area contributed by atoms with Crippen LogP contribution in [0.4, 0.5) is 0 Å². The maximum absolute atomic E-state index is 12.4. The molecule has 0 aliphatic heterocycles. The molecule has 28 heavy (non-hydrogen) atoms. The maximum atomic E-state index is 12.4. The van der Waals surface area contributed by atoms with E-state index in [1.165, 1.54) is 10.8 Å². The normalized spacial score (nSPS) is 11.1. The van der Waals surface area contributed by atoms with E-state index in [-0.39, 0.29) is 5.57 Å². The van der Waals surface area contributed by atoms with Crippen molar-refractivity contribution in [2.75, 3.05) is 0 Å². The summed E-state index contributed by atoms with van der Waals surface area (Å²) in [6.45, 7) is 2.09. The summed E-state index contributed by atoms with van der Waals surface area (Å²) in [6, 6.07) is 18.5. The molecular weight excluding hydrogens is 395 g/mol. The van der Waals surface area contributed by atoms with Gasteiger partial charge < -0.3 is 5.32 Å². The molecule has 7 heteroatoms. The number of halogens is 2. The molecule has 3 rings (SSSR count). The molecule has 1 aromatic heterocycles. The number of hydrogen-bond donors (Lipinski definition) is 1. The van der Waals surface area contributed by atoms with Crippen LogP contribution in [0.1, 0.15) is 16.8 Å². The van der Waals surface area contributed by atoms with Gasteiger partial charge in [0.05, 0.1) is 11.4 Å². The SMILES string of the molecule is Cc1nn(-c2cccc(Cl)c2)c(Cl)c1C=C(C#N)C(=O)NCc1ccccc1. The fourth-order valence-electron chi connectivity index (χ4n) is 2.62. The van der Waals surface area contributed by atoms with Crippen molar-refractivity contribution in [3.05, 3.63) is 87.2 Å². The summed E-state index contributed by atoms with van der Waals surface area (Å²) >= 11 is 12.5. The van der Waals surface area contributed by atoms with Crippen LogP contribution in [0.5, 0.6) is 0 Å². The minimum Gasteiger partial charge on any atom is -0.347 e. The van der Waals surface area contributed by atoms with E-state index in [2.05, 4.69) is 10.4 Å². The van der Waals surface area contributed by atoms with Crippen LogP contribution < -0.4 is 5.32 Å². The Morgan fingerprint density at radius 3 is 2.64 bits per heavy atom. The van der Waals surface area contributed by atoms with Crippen molar-refractivity contribution in [3.8, 4) is 11.8 Å². The lowest BCUT2D eigenvalue weighted by atomic mass is 10.1. The van der Waals surface area contributed by atoms with E-state index in [9.17, 15) is 10.1 Å². The van der Waals surface area contributed by atoms with E-state index in [0.717, 1.165) is 5.56 Å². The summed E-state index contributed by atoms with van der Waals surface area (Å²) < 4.78 is 1.52. The van der Waals surface area contributed by atoms with Gasteiger partial charge in [0.1, 0.15) is 16.8 Å². The van der Waals surface area contributed by atoms with Crippen LogP contribution in [0.3, 0.4) is 0 Å². The highest BCUT2D eigenvalue weighted by Crippen LogP contribution is 2.26. The first-order chi connectivity index (χ1) is 13.5. The standard InChI is InChI=1S/C21H16Cl2N4O/c1-14-19(20(23)27(26-14)18-9-5-8-17(22)11-18)10-16(12-24)21(28)25-13-15-6-3-2-4-7-15/h2-11H,13H2,1H3,(H,25,28). The second-order valence-electron chi connectivity index (χ2n) is 6.02. The number of nitriles is 1. The molecule has 0 spiro atoms. The van der Waals surface area contributed by atoms with Crippen LogP contribution in [-0.4, -0.2) is 15.7 Å². The molecule has 0 radical (unpaired) electrons. The van der Waals surface area contributed by atoms with E-state index < -0.39 is 5.91 Å². The van der Waals surface area contributed by atoms with E-state index in [1.807, 2.05) is 42.5 Å². The molecule has 1 N–H and O–H groups in total. The minimum absolute atomic E-state index is 0.0495. The van der Waals surface area contributed by atoms with Crippen LogP contribution in [-0.2, 0) is 11.3 Å². The number of carbonyl (C=O) groups is 1. The van der Waals surface area contributed by atoms with Crippen LogP contribution in [0.15, 0.2) is 60.2 Å². The highest BCUT2D eigenvalue weighted by molar-refractivity contribution is 6.32. The molecular formula is C21H16Cl2N4O. The maximum Gasteiger partial charge on any atom is 0.262 e. The smallest absolute Gasteiger partial charge is 0.262 e. The molecule has 1 heterocycles. The first-order valence-electron chi connectivity index (χ1n) is 8.44. The third-order valence-electron chi connectivity index (χ3n) is 4.05. The Morgan fingerprint density at radius 1 is 1.21 bits per heavy atom. The van der Waals surface area contributed by atoms with Crippen LogP contribution in [0.25, 0.3) is 11.8 Å². The molecule has 5 nitrogen and oxygen atoms in total. The molecule has 0 aliphatic carbocycles. The Labute approximate surface area is 172 Å². The van der Waals surface area contributed by atoms with E-state index in [4.69, 9.17) is 23.2 Å². The Morgan fingerprint density at radius 2 is 1.96 bits per heavy atom. The number of amides is 1. The summed E-state index contributed by atoms with van der Waals surface area (Å²) in [7, 11) is 0. The second-order valence-corrected chi connectivity index (χ2v) is 6.81. The molecule has 0 unspecified atom stereocenters. The quantitative estimate of drug-likeness (QED) is 0.488. The zero-order valence-corrected chi connectivity index (χ0v) is 16.5. The van der Waals surface area contributed by atoms with Gasteiger partial charge in [-0.1, -0.05) is 59.6 Å². The molecule has 1 amide bonds. The first-order valence-corrected chi connectivity index (χ1v) is 9.20. The Balaban J connectivity index is 1.86. The third-order valence-corrected chi connectivity index (χ3v) is 4.65. The predicted molar refractivity (Wildman–Crippen MR) is 110 cm³/mol. The van der Waals surface area contributed by atoms with Gasteiger partial charge in [-0.3, -0.25) is 4.79 Å². The van der Waals surface area contributed by atoms with Gasteiger partial charge in [0.25, 0.3) is 5.91 Å². The van der Waals surface area contributed by atoms with Gasteiger partial charge in [0.2, 0.25) is 0 Å². The number of aromatic nitrogens is 2. The average Bonchev–Trinajstić information content (AvgIpc) is 2.98. The fourth-order valence-corrected chi connectivity index (χ4v) is 3.13. The number of nitrogens with zero attached hydrogens (tertiary/aromatic N) is 3. The summed E-state index contributed by atoms with van der Waals surface area (Å²) in [4.78, 5) is 12.4. The van der Waals surface area contributed by atoms with Crippen molar-refractivity contribution in [1.29, 1.82) is 5.26 Å². The monoisotopic (exact) mass is 410 g/mol. The lowest BCUT2D eigenvalue weighted by molar-refractivity contribution is -0.117. The van der Waals surface area contributed by atoms with Crippen LogP contribution >= 0.6 is 23.2 Å². The van der Waals surface area contributed by atoms with Crippen molar-refractivity contribution in [3.63, 3.8) is 0 Å². The topological polar surface area (TPSA) is 70.7 Å². The van der Waals surface area contributed by atoms with Crippen LogP contribution in [0, 0.1) is 18.3 Å². The Kier molecular flexibility index (Phi) is 6.15. The summed E-state index contributed by atoms with van der Waals surface area (Å²) in [6.07, 6.45) is 1.45. The Bertz CT molecular complexity index is 1080. The van der Waals surface area contributed by atoms with Gasteiger partial charge in [-0.05, 0) is 36.8 Å². The molecule has 0 atom stereocenters. The lowest BCUT2D eigenvalue weighted by Gasteiger charge is -2.05. The number of aryl methyl sites for hydroxylation is 1. The van der Waals surface area contributed by atoms with Gasteiger partial charge in [0.15, 0.2) is 0 Å². The number of rotatable bonds is 5. The van der Waals surface area contributed by atoms with Gasteiger partial charge in [-0.15, -0.1) is 0 Å². The summed E-state index contributed by atoms with van der Waals surface area (Å²) in [5.41, 5.74) is 2.68. The predicted octanol–water partition coefficient (Wildman–Crippen LogP) is 4.71. The van der Waals surface area contributed by atoms with Gasteiger partial charge in [-0.25, -0.2) is 4.68 Å². The van der Waals surface area contributed by atoms with E-state index >= 15 is 0 Å². The average molecular weight is 411 g/mol. The fraction of sp³-hybridized carbons (Fsp3) is 0.0952. The summed E-state index contributed by atoms with van der Waals surface area (Å²) in [5, 5.41) is 17.4.